The molecule has 0 spiro atoms. The lowest BCUT2D eigenvalue weighted by molar-refractivity contribution is 0.100. The van der Waals surface area contributed by atoms with Gasteiger partial charge in [0.2, 0.25) is 5.91 Å². The molecule has 4 N–H and O–H groups in total. The Hall–Kier alpha value is -2.56. The molecule has 0 saturated carbocycles. The molecular formula is C15H15FN2O2. The van der Waals surface area contributed by atoms with E-state index in [0.717, 1.165) is 5.56 Å². The van der Waals surface area contributed by atoms with Crippen LogP contribution in [0.1, 0.15) is 21.5 Å². The van der Waals surface area contributed by atoms with Crippen LogP contribution in [0.3, 0.4) is 0 Å². The highest BCUT2D eigenvalue weighted by molar-refractivity contribution is 5.93. The fraction of sp³-hybridized carbons (Fsp3) is 0.133. The highest BCUT2D eigenvalue weighted by Crippen LogP contribution is 2.23. The first-order chi connectivity index (χ1) is 9.49. The molecule has 2 aromatic carbocycles. The second-order valence-electron chi connectivity index (χ2n) is 4.50. The van der Waals surface area contributed by atoms with E-state index < -0.39 is 11.7 Å². The summed E-state index contributed by atoms with van der Waals surface area (Å²) in [5, 5.41) is 12.7. The molecule has 2 rings (SSSR count). The molecule has 1 amide bonds. The Kier molecular flexibility index (Phi) is 3.89. The maximum atomic E-state index is 13.6. The molecule has 0 unspecified atom stereocenters. The van der Waals surface area contributed by atoms with Crippen molar-refractivity contribution in [2.45, 2.75) is 13.5 Å². The number of primary amides is 1. The van der Waals surface area contributed by atoms with Gasteiger partial charge in [0, 0.05) is 17.7 Å². The van der Waals surface area contributed by atoms with E-state index in [0.29, 0.717) is 5.56 Å². The highest BCUT2D eigenvalue weighted by Gasteiger charge is 2.08. The zero-order chi connectivity index (χ0) is 14.7. The Morgan fingerprint density at radius 2 is 2.10 bits per heavy atom. The van der Waals surface area contributed by atoms with Gasteiger partial charge >= 0.3 is 0 Å². The summed E-state index contributed by atoms with van der Waals surface area (Å²) >= 11 is 0. The monoisotopic (exact) mass is 274 g/mol. The van der Waals surface area contributed by atoms with Gasteiger partial charge in [0.05, 0.1) is 5.69 Å². The van der Waals surface area contributed by atoms with Crippen LogP contribution in [0.5, 0.6) is 5.75 Å². The average Bonchev–Trinajstić information content (AvgIpc) is 2.41. The molecule has 104 valence electrons. The highest BCUT2D eigenvalue weighted by atomic mass is 19.1. The van der Waals surface area contributed by atoms with Crippen molar-refractivity contribution >= 4 is 11.6 Å². The second-order valence-corrected chi connectivity index (χ2v) is 4.50. The smallest absolute Gasteiger partial charge is 0.248 e. The summed E-state index contributed by atoms with van der Waals surface area (Å²) in [6.45, 7) is 2.03. The van der Waals surface area contributed by atoms with Crippen molar-refractivity contribution in [2.24, 2.45) is 5.73 Å². The molecule has 0 bridgehead atoms. The first-order valence-corrected chi connectivity index (χ1v) is 6.09. The Morgan fingerprint density at radius 1 is 1.35 bits per heavy atom. The Morgan fingerprint density at radius 3 is 2.80 bits per heavy atom. The number of phenolic OH excluding ortho intramolecular Hbond substituents is 1. The summed E-state index contributed by atoms with van der Waals surface area (Å²) in [7, 11) is 0. The van der Waals surface area contributed by atoms with Gasteiger partial charge in [-0.25, -0.2) is 4.39 Å². The molecule has 0 aliphatic rings. The number of benzene rings is 2. The van der Waals surface area contributed by atoms with Crippen LogP contribution in [0.4, 0.5) is 10.1 Å². The molecule has 5 heteroatoms. The summed E-state index contributed by atoms with van der Waals surface area (Å²) in [4.78, 5) is 11.1. The number of nitrogens with two attached hydrogens (primary N) is 1. The summed E-state index contributed by atoms with van der Waals surface area (Å²) in [6.07, 6.45) is 0. The quantitative estimate of drug-likeness (QED) is 0.802. The number of para-hydroxylation sites is 1. The molecule has 4 nitrogen and oxygen atoms in total. The number of rotatable bonds is 4. The zero-order valence-corrected chi connectivity index (χ0v) is 11.0. The standard InChI is InChI=1S/C15H15FN2O2/c1-9-3-2-4-11(14(9)19)8-18-13-7-10(15(17)20)5-6-12(13)16/h2-7,18-19H,8H2,1H3,(H2,17,20). The largest absolute Gasteiger partial charge is 0.507 e. The molecule has 0 aromatic heterocycles. The van der Waals surface area contributed by atoms with Gasteiger partial charge in [-0.05, 0) is 30.7 Å². The van der Waals surface area contributed by atoms with Crippen LogP contribution >= 0.6 is 0 Å². The van der Waals surface area contributed by atoms with Gasteiger partial charge in [-0.3, -0.25) is 4.79 Å². The second kappa shape index (κ2) is 5.61. The number of amides is 1. The van der Waals surface area contributed by atoms with Gasteiger partial charge < -0.3 is 16.2 Å². The van der Waals surface area contributed by atoms with Crippen molar-refractivity contribution in [3.8, 4) is 5.75 Å². The van der Waals surface area contributed by atoms with Crippen LogP contribution in [0, 0.1) is 12.7 Å². The maximum Gasteiger partial charge on any atom is 0.248 e. The third kappa shape index (κ3) is 2.88. The van der Waals surface area contributed by atoms with Crippen LogP contribution in [0.2, 0.25) is 0 Å². The molecule has 0 saturated heterocycles. The fourth-order valence-electron chi connectivity index (χ4n) is 1.87. The molecule has 0 atom stereocenters. The van der Waals surface area contributed by atoms with E-state index in [1.54, 1.807) is 19.1 Å². The number of hydrogen-bond acceptors (Lipinski definition) is 3. The molecule has 0 radical (unpaired) electrons. The van der Waals surface area contributed by atoms with Crippen LogP contribution in [-0.4, -0.2) is 11.0 Å². The van der Waals surface area contributed by atoms with E-state index in [9.17, 15) is 14.3 Å². The van der Waals surface area contributed by atoms with E-state index in [1.807, 2.05) is 6.07 Å². The summed E-state index contributed by atoms with van der Waals surface area (Å²) < 4.78 is 13.6. The van der Waals surface area contributed by atoms with Crippen LogP contribution < -0.4 is 11.1 Å². The molecule has 0 aliphatic heterocycles. The van der Waals surface area contributed by atoms with Gasteiger partial charge in [0.1, 0.15) is 11.6 Å². The van der Waals surface area contributed by atoms with Gasteiger partial charge in [0.25, 0.3) is 0 Å². The van der Waals surface area contributed by atoms with E-state index in [1.165, 1.54) is 18.2 Å². The molecule has 0 heterocycles. The van der Waals surface area contributed by atoms with Gasteiger partial charge in [-0.2, -0.15) is 0 Å². The fourth-order valence-corrected chi connectivity index (χ4v) is 1.87. The van der Waals surface area contributed by atoms with Crippen molar-refractivity contribution in [3.05, 3.63) is 58.9 Å². The van der Waals surface area contributed by atoms with Crippen LogP contribution in [0.25, 0.3) is 0 Å². The molecular weight excluding hydrogens is 259 g/mol. The predicted octanol–water partition coefficient (Wildman–Crippen LogP) is 2.55. The lowest BCUT2D eigenvalue weighted by Gasteiger charge is -2.11. The predicted molar refractivity (Wildman–Crippen MR) is 75.1 cm³/mol. The number of hydrogen-bond donors (Lipinski definition) is 3. The summed E-state index contributed by atoms with van der Waals surface area (Å²) in [6, 6.07) is 9.19. The van der Waals surface area contributed by atoms with Gasteiger partial charge in [0.15, 0.2) is 0 Å². The SMILES string of the molecule is Cc1cccc(CNc2cc(C(N)=O)ccc2F)c1O. The van der Waals surface area contributed by atoms with E-state index in [-0.39, 0.29) is 23.5 Å². The van der Waals surface area contributed by atoms with Crippen LogP contribution in [-0.2, 0) is 6.54 Å². The minimum absolute atomic E-state index is 0.169. The van der Waals surface area contributed by atoms with Crippen molar-refractivity contribution in [2.75, 3.05) is 5.32 Å². The number of phenols is 1. The number of aromatic hydroxyl groups is 1. The van der Waals surface area contributed by atoms with E-state index >= 15 is 0 Å². The lowest BCUT2D eigenvalue weighted by Crippen LogP contribution is -2.12. The first kappa shape index (κ1) is 13.9. The van der Waals surface area contributed by atoms with Crippen molar-refractivity contribution in [1.29, 1.82) is 0 Å². The number of aryl methyl sites for hydroxylation is 1. The van der Waals surface area contributed by atoms with Crippen LogP contribution in [0.15, 0.2) is 36.4 Å². The van der Waals surface area contributed by atoms with Gasteiger partial charge in [-0.1, -0.05) is 18.2 Å². The first-order valence-electron chi connectivity index (χ1n) is 6.09. The van der Waals surface area contributed by atoms with Crippen molar-refractivity contribution in [3.63, 3.8) is 0 Å². The number of carbonyl (C=O) groups is 1. The summed E-state index contributed by atoms with van der Waals surface area (Å²) in [5.74, 6) is -0.931. The maximum absolute atomic E-state index is 13.6. The van der Waals surface area contributed by atoms with E-state index in [2.05, 4.69) is 5.32 Å². The van der Waals surface area contributed by atoms with Gasteiger partial charge in [-0.15, -0.1) is 0 Å². The Bertz CT molecular complexity index is 656. The lowest BCUT2D eigenvalue weighted by atomic mass is 10.1. The zero-order valence-electron chi connectivity index (χ0n) is 11.0. The number of anilines is 1. The summed E-state index contributed by atoms with van der Waals surface area (Å²) in [5.41, 5.74) is 6.94. The topological polar surface area (TPSA) is 75.3 Å². The Balaban J connectivity index is 2.20. The van der Waals surface area contributed by atoms with E-state index in [4.69, 9.17) is 5.73 Å². The third-order valence-electron chi connectivity index (χ3n) is 3.04. The number of carbonyl (C=O) groups excluding carboxylic acids is 1. The normalized spacial score (nSPS) is 10.3. The Labute approximate surface area is 116 Å². The number of nitrogens with one attached hydrogen (secondary N) is 1. The molecule has 0 fully saturated rings. The minimum Gasteiger partial charge on any atom is -0.507 e. The average molecular weight is 274 g/mol. The molecule has 2 aromatic rings. The molecule has 0 aliphatic carbocycles. The molecule has 20 heavy (non-hydrogen) atoms. The number of halogens is 1. The third-order valence-corrected chi connectivity index (χ3v) is 3.04. The van der Waals surface area contributed by atoms with Crippen molar-refractivity contribution < 1.29 is 14.3 Å². The minimum atomic E-state index is -0.619. The van der Waals surface area contributed by atoms with Crippen molar-refractivity contribution in [1.82, 2.24) is 0 Å².